The molecule has 0 aliphatic carbocycles. The maximum Gasteiger partial charge on any atom is 0.268 e. The lowest BCUT2D eigenvalue weighted by molar-refractivity contribution is 0.109. The van der Waals surface area contributed by atoms with Crippen LogP contribution in [0.1, 0.15) is 28.0 Å². The van der Waals surface area contributed by atoms with E-state index in [4.69, 9.17) is 5.26 Å². The van der Waals surface area contributed by atoms with Crippen LogP contribution in [-0.2, 0) is 0 Å². The van der Waals surface area contributed by atoms with Gasteiger partial charge in [-0.1, -0.05) is 0 Å². The molecule has 0 amide bonds. The highest BCUT2D eigenvalue weighted by molar-refractivity contribution is 5.74. The maximum atomic E-state index is 13.1. The molecule has 0 saturated carbocycles. The van der Waals surface area contributed by atoms with Gasteiger partial charge in [0.1, 0.15) is 17.3 Å². The van der Waals surface area contributed by atoms with E-state index in [-0.39, 0.29) is 6.29 Å². The first kappa shape index (κ1) is 10.2. The van der Waals surface area contributed by atoms with E-state index in [0.29, 0.717) is 0 Å². The molecule has 0 bridgehead atoms. The topological polar surface area (TPSA) is 53.8 Å². The molecule has 3 nitrogen and oxygen atoms in total. The molecule has 0 N–H and O–H groups in total. The molecule has 14 heavy (non-hydrogen) atoms. The molecule has 72 valence electrons. The average Bonchev–Trinajstić information content (AvgIpc) is 2.16. The monoisotopic (exact) mass is 200 g/mol. The summed E-state index contributed by atoms with van der Waals surface area (Å²) in [7, 11) is 0. The third-order valence-electron chi connectivity index (χ3n) is 1.53. The van der Waals surface area contributed by atoms with Crippen molar-refractivity contribution in [3.8, 4) is 6.07 Å². The Morgan fingerprint density at radius 1 is 1.57 bits per heavy atom. The summed E-state index contributed by atoms with van der Waals surface area (Å²) in [6, 6.07) is 1.36. The SMILES string of the molecule is N#Cc1cnc(C=O)c(C(F)F)c1F. The second-order valence-corrected chi connectivity index (χ2v) is 2.32. The summed E-state index contributed by atoms with van der Waals surface area (Å²) < 4.78 is 37.6. The Bertz CT molecular complexity index is 412. The first-order chi connectivity index (χ1) is 6.61. The Morgan fingerprint density at radius 2 is 2.21 bits per heavy atom. The van der Waals surface area contributed by atoms with Crippen molar-refractivity contribution in [2.75, 3.05) is 0 Å². The molecule has 0 saturated heterocycles. The van der Waals surface area contributed by atoms with Gasteiger partial charge in [-0.3, -0.25) is 9.78 Å². The highest BCUT2D eigenvalue weighted by atomic mass is 19.3. The molecule has 0 atom stereocenters. The fraction of sp³-hybridized carbons (Fsp3) is 0.125. The van der Waals surface area contributed by atoms with E-state index in [0.717, 1.165) is 6.20 Å². The van der Waals surface area contributed by atoms with Crippen molar-refractivity contribution in [3.63, 3.8) is 0 Å². The number of rotatable bonds is 2. The van der Waals surface area contributed by atoms with E-state index >= 15 is 0 Å². The standard InChI is InChI=1S/C8H3F3N2O/c9-7-4(1-12)2-13-5(3-14)6(7)8(10)11/h2-3,8H. The van der Waals surface area contributed by atoms with Crippen LogP contribution in [0, 0.1) is 17.1 Å². The molecule has 1 rings (SSSR count). The lowest BCUT2D eigenvalue weighted by Crippen LogP contribution is -2.03. The van der Waals surface area contributed by atoms with E-state index in [2.05, 4.69) is 4.98 Å². The highest BCUT2D eigenvalue weighted by Crippen LogP contribution is 2.25. The number of hydrogen-bond donors (Lipinski definition) is 0. The number of aromatic nitrogens is 1. The molecule has 0 aliphatic heterocycles. The van der Waals surface area contributed by atoms with Crippen molar-refractivity contribution in [1.82, 2.24) is 4.98 Å². The molecule has 0 fully saturated rings. The number of carbonyl (C=O) groups excluding carboxylic acids is 1. The first-order valence-electron chi connectivity index (χ1n) is 3.43. The number of nitrogens with zero attached hydrogens (tertiary/aromatic N) is 2. The average molecular weight is 200 g/mol. The highest BCUT2D eigenvalue weighted by Gasteiger charge is 2.22. The van der Waals surface area contributed by atoms with Crippen molar-refractivity contribution in [2.45, 2.75) is 6.43 Å². The van der Waals surface area contributed by atoms with Gasteiger partial charge in [-0.2, -0.15) is 5.26 Å². The smallest absolute Gasteiger partial charge is 0.268 e. The fourth-order valence-corrected chi connectivity index (χ4v) is 0.897. The van der Waals surface area contributed by atoms with Crippen LogP contribution in [0.15, 0.2) is 6.20 Å². The van der Waals surface area contributed by atoms with Crippen LogP contribution < -0.4 is 0 Å². The number of hydrogen-bond acceptors (Lipinski definition) is 3. The van der Waals surface area contributed by atoms with Gasteiger partial charge in [0.2, 0.25) is 0 Å². The normalized spacial score (nSPS) is 9.93. The Morgan fingerprint density at radius 3 is 2.64 bits per heavy atom. The summed E-state index contributed by atoms with van der Waals surface area (Å²) in [5, 5.41) is 8.33. The van der Waals surface area contributed by atoms with Gasteiger partial charge in [0.25, 0.3) is 6.43 Å². The number of nitriles is 1. The number of halogens is 3. The van der Waals surface area contributed by atoms with Gasteiger partial charge >= 0.3 is 0 Å². The van der Waals surface area contributed by atoms with Crippen molar-refractivity contribution >= 4 is 6.29 Å². The zero-order valence-electron chi connectivity index (χ0n) is 6.67. The molecule has 0 aromatic carbocycles. The molecule has 0 spiro atoms. The van der Waals surface area contributed by atoms with E-state index in [1.165, 1.54) is 6.07 Å². The van der Waals surface area contributed by atoms with E-state index < -0.39 is 29.1 Å². The molecular weight excluding hydrogens is 197 g/mol. The predicted molar refractivity (Wildman–Crippen MR) is 39.3 cm³/mol. The Kier molecular flexibility index (Phi) is 2.82. The van der Waals surface area contributed by atoms with Crippen molar-refractivity contribution in [1.29, 1.82) is 5.26 Å². The van der Waals surface area contributed by atoms with Crippen LogP contribution in [0.25, 0.3) is 0 Å². The van der Waals surface area contributed by atoms with Crippen LogP contribution in [0.5, 0.6) is 0 Å². The summed E-state index contributed by atoms with van der Waals surface area (Å²) in [4.78, 5) is 13.5. The molecule has 0 radical (unpaired) electrons. The number of aldehydes is 1. The van der Waals surface area contributed by atoms with E-state index in [1.54, 1.807) is 0 Å². The number of carbonyl (C=O) groups is 1. The summed E-state index contributed by atoms with van der Waals surface area (Å²) in [5.74, 6) is -1.39. The molecule has 0 aliphatic rings. The Hall–Kier alpha value is -1.90. The van der Waals surface area contributed by atoms with Crippen LogP contribution in [0.3, 0.4) is 0 Å². The molecular formula is C8H3F3N2O. The quantitative estimate of drug-likeness (QED) is 0.684. The van der Waals surface area contributed by atoms with Gasteiger partial charge < -0.3 is 0 Å². The summed E-state index contributed by atoms with van der Waals surface area (Å²) in [6.07, 6.45) is -2.41. The zero-order chi connectivity index (χ0) is 10.7. The third-order valence-corrected chi connectivity index (χ3v) is 1.53. The molecule has 1 aromatic heterocycles. The summed E-state index contributed by atoms with van der Waals surface area (Å²) >= 11 is 0. The zero-order valence-corrected chi connectivity index (χ0v) is 6.67. The third kappa shape index (κ3) is 1.57. The molecule has 6 heteroatoms. The van der Waals surface area contributed by atoms with Crippen LogP contribution in [0.4, 0.5) is 13.2 Å². The fourth-order valence-electron chi connectivity index (χ4n) is 0.897. The van der Waals surface area contributed by atoms with Crippen molar-refractivity contribution in [3.05, 3.63) is 28.8 Å². The predicted octanol–water partition coefficient (Wildman–Crippen LogP) is 1.84. The van der Waals surface area contributed by atoms with Gasteiger partial charge in [-0.15, -0.1) is 0 Å². The number of pyridine rings is 1. The van der Waals surface area contributed by atoms with Crippen LogP contribution in [0.2, 0.25) is 0 Å². The largest absolute Gasteiger partial charge is 0.296 e. The lowest BCUT2D eigenvalue weighted by Gasteiger charge is -2.04. The van der Waals surface area contributed by atoms with Gasteiger partial charge in [-0.05, 0) is 0 Å². The molecule has 1 heterocycles. The lowest BCUT2D eigenvalue weighted by atomic mass is 10.1. The second-order valence-electron chi connectivity index (χ2n) is 2.32. The van der Waals surface area contributed by atoms with E-state index in [1.807, 2.05) is 0 Å². The van der Waals surface area contributed by atoms with Gasteiger partial charge in [0.05, 0.1) is 5.56 Å². The van der Waals surface area contributed by atoms with Crippen molar-refractivity contribution in [2.24, 2.45) is 0 Å². The van der Waals surface area contributed by atoms with E-state index in [9.17, 15) is 18.0 Å². The Balaban J connectivity index is 3.48. The van der Waals surface area contributed by atoms with Crippen LogP contribution >= 0.6 is 0 Å². The summed E-state index contributed by atoms with van der Waals surface area (Å²) in [5.41, 5.74) is -2.42. The van der Waals surface area contributed by atoms with Crippen LogP contribution in [-0.4, -0.2) is 11.3 Å². The second kappa shape index (κ2) is 3.87. The minimum Gasteiger partial charge on any atom is -0.296 e. The van der Waals surface area contributed by atoms with Gasteiger partial charge in [0, 0.05) is 6.20 Å². The minimum absolute atomic E-state index is 0.0196. The Labute approximate surface area is 76.8 Å². The molecule has 1 aromatic rings. The van der Waals surface area contributed by atoms with Gasteiger partial charge in [0.15, 0.2) is 12.1 Å². The van der Waals surface area contributed by atoms with Gasteiger partial charge in [-0.25, -0.2) is 13.2 Å². The number of alkyl halides is 2. The minimum atomic E-state index is -3.17. The molecule has 0 unspecified atom stereocenters. The summed E-state index contributed by atoms with van der Waals surface area (Å²) in [6.45, 7) is 0. The first-order valence-corrected chi connectivity index (χ1v) is 3.43. The maximum absolute atomic E-state index is 13.1. The van der Waals surface area contributed by atoms with Crippen molar-refractivity contribution < 1.29 is 18.0 Å².